The van der Waals surface area contributed by atoms with Crippen molar-refractivity contribution in [2.45, 2.75) is 37.0 Å². The number of hydrogen-bond donors (Lipinski definition) is 1. The Labute approximate surface area is 175 Å². The fourth-order valence-electron chi connectivity index (χ4n) is 2.86. The van der Waals surface area contributed by atoms with Crippen molar-refractivity contribution in [2.24, 2.45) is 0 Å². The van der Waals surface area contributed by atoms with Crippen molar-refractivity contribution in [3.05, 3.63) is 88.2 Å². The van der Waals surface area contributed by atoms with E-state index in [9.17, 15) is 9.59 Å². The Morgan fingerprint density at radius 1 is 1.07 bits per heavy atom. The molecule has 0 aliphatic carbocycles. The molecule has 0 unspecified atom stereocenters. The first kappa shape index (κ1) is 20.9. The predicted octanol–water partition coefficient (Wildman–Crippen LogP) is 3.77. The third-order valence-electron chi connectivity index (χ3n) is 4.51. The molecule has 0 fully saturated rings. The van der Waals surface area contributed by atoms with E-state index in [0.717, 1.165) is 18.4 Å². The lowest BCUT2D eigenvalue weighted by atomic mass is 10.1. The largest absolute Gasteiger partial charge is 0.355 e. The number of benzene rings is 2. The van der Waals surface area contributed by atoms with Crippen LogP contribution in [0.4, 0.5) is 0 Å². The van der Waals surface area contributed by atoms with Crippen molar-refractivity contribution in [2.75, 3.05) is 6.54 Å². The Morgan fingerprint density at radius 2 is 1.79 bits per heavy atom. The number of aromatic nitrogens is 2. The summed E-state index contributed by atoms with van der Waals surface area (Å²) in [6, 6.07) is 21.0. The Balaban J connectivity index is 1.55. The van der Waals surface area contributed by atoms with Crippen LogP contribution in [-0.4, -0.2) is 27.5 Å². The molecule has 2 aromatic carbocycles. The van der Waals surface area contributed by atoms with Crippen LogP contribution in [0.15, 0.2) is 76.6 Å². The normalized spacial score (nSPS) is 11.8. The van der Waals surface area contributed by atoms with Gasteiger partial charge in [0.15, 0.2) is 0 Å². The van der Waals surface area contributed by atoms with Gasteiger partial charge in [-0.25, -0.2) is 0 Å². The van der Waals surface area contributed by atoms with Crippen molar-refractivity contribution < 1.29 is 4.79 Å². The van der Waals surface area contributed by atoms with Gasteiger partial charge in [0.05, 0.1) is 10.9 Å². The highest BCUT2D eigenvalue weighted by molar-refractivity contribution is 8.00. The quantitative estimate of drug-likeness (QED) is 0.456. The van der Waals surface area contributed by atoms with Crippen molar-refractivity contribution in [3.8, 4) is 5.69 Å². The van der Waals surface area contributed by atoms with Crippen LogP contribution >= 0.6 is 11.8 Å². The summed E-state index contributed by atoms with van der Waals surface area (Å²) in [7, 11) is 0. The summed E-state index contributed by atoms with van der Waals surface area (Å²) >= 11 is 1.34. The van der Waals surface area contributed by atoms with Gasteiger partial charge < -0.3 is 5.32 Å². The number of amides is 1. The molecule has 150 valence electrons. The number of aryl methyl sites for hydroxylation is 2. The molecule has 1 N–H and O–H groups in total. The van der Waals surface area contributed by atoms with Gasteiger partial charge in [-0.3, -0.25) is 9.59 Å². The molecule has 1 aromatic heterocycles. The Morgan fingerprint density at radius 3 is 2.52 bits per heavy atom. The topological polar surface area (TPSA) is 64.0 Å². The van der Waals surface area contributed by atoms with E-state index in [0.29, 0.717) is 17.3 Å². The summed E-state index contributed by atoms with van der Waals surface area (Å²) in [5.41, 5.74) is 2.90. The van der Waals surface area contributed by atoms with Crippen LogP contribution in [0.2, 0.25) is 0 Å². The zero-order chi connectivity index (χ0) is 20.6. The van der Waals surface area contributed by atoms with E-state index < -0.39 is 0 Å². The molecule has 1 atom stereocenters. The maximum Gasteiger partial charge on any atom is 0.271 e. The Kier molecular flexibility index (Phi) is 7.25. The monoisotopic (exact) mass is 407 g/mol. The van der Waals surface area contributed by atoms with Gasteiger partial charge in [-0.15, -0.1) is 0 Å². The van der Waals surface area contributed by atoms with Crippen LogP contribution < -0.4 is 10.9 Å². The molecule has 3 aromatic rings. The van der Waals surface area contributed by atoms with Crippen molar-refractivity contribution in [3.63, 3.8) is 0 Å². The number of nitrogens with one attached hydrogen (secondary N) is 1. The van der Waals surface area contributed by atoms with Crippen molar-refractivity contribution >= 4 is 17.7 Å². The van der Waals surface area contributed by atoms with Crippen LogP contribution in [0.25, 0.3) is 5.69 Å². The molecular weight excluding hydrogens is 382 g/mol. The average Bonchev–Trinajstić information content (AvgIpc) is 2.74. The number of nitrogens with zero attached hydrogens (tertiary/aromatic N) is 2. The molecule has 0 aliphatic heterocycles. The lowest BCUT2D eigenvalue weighted by molar-refractivity contribution is -0.120. The molecule has 29 heavy (non-hydrogen) atoms. The van der Waals surface area contributed by atoms with Gasteiger partial charge in [-0.05, 0) is 50.5 Å². The van der Waals surface area contributed by atoms with Crippen LogP contribution in [0.3, 0.4) is 0 Å². The maximum absolute atomic E-state index is 12.4. The zero-order valence-electron chi connectivity index (χ0n) is 16.7. The number of carbonyl (C=O) groups is 1. The van der Waals surface area contributed by atoms with Crippen LogP contribution in [0, 0.1) is 6.92 Å². The number of rotatable bonds is 8. The summed E-state index contributed by atoms with van der Waals surface area (Å²) in [4.78, 5) is 24.6. The zero-order valence-corrected chi connectivity index (χ0v) is 17.5. The minimum atomic E-state index is -0.303. The second-order valence-corrected chi connectivity index (χ2v) is 8.26. The highest BCUT2D eigenvalue weighted by Gasteiger charge is 2.15. The predicted molar refractivity (Wildman–Crippen MR) is 118 cm³/mol. The fourth-order valence-corrected chi connectivity index (χ4v) is 3.68. The summed E-state index contributed by atoms with van der Waals surface area (Å²) in [6.07, 6.45) is 1.83. The first-order valence-corrected chi connectivity index (χ1v) is 10.6. The molecule has 5 nitrogen and oxygen atoms in total. The van der Waals surface area contributed by atoms with E-state index in [2.05, 4.69) is 22.5 Å². The summed E-state index contributed by atoms with van der Waals surface area (Å²) in [6.45, 7) is 4.47. The number of thioether (sulfide) groups is 1. The highest BCUT2D eigenvalue weighted by atomic mass is 32.2. The average molecular weight is 408 g/mol. The van der Waals surface area contributed by atoms with Gasteiger partial charge in [0.2, 0.25) is 5.91 Å². The van der Waals surface area contributed by atoms with Crippen LogP contribution in [0.1, 0.15) is 24.5 Å². The van der Waals surface area contributed by atoms with E-state index in [4.69, 9.17) is 0 Å². The van der Waals surface area contributed by atoms with Gasteiger partial charge in [-0.2, -0.15) is 9.78 Å². The molecule has 0 spiro atoms. The molecule has 6 heteroatoms. The first-order chi connectivity index (χ1) is 14.0. The van der Waals surface area contributed by atoms with E-state index >= 15 is 0 Å². The van der Waals surface area contributed by atoms with Gasteiger partial charge in [0.1, 0.15) is 5.03 Å². The third kappa shape index (κ3) is 6.06. The van der Waals surface area contributed by atoms with Crippen LogP contribution in [0.5, 0.6) is 0 Å². The Bertz CT molecular complexity index is 1000. The molecule has 0 radical (unpaired) electrons. The number of carbonyl (C=O) groups excluding carboxylic acids is 1. The molecular formula is C23H25N3O2S. The maximum atomic E-state index is 12.4. The van der Waals surface area contributed by atoms with Crippen LogP contribution in [-0.2, 0) is 11.2 Å². The summed E-state index contributed by atoms with van der Waals surface area (Å²) in [5.74, 6) is -0.0297. The molecule has 3 rings (SSSR count). The second-order valence-electron chi connectivity index (χ2n) is 6.90. The van der Waals surface area contributed by atoms with Gasteiger partial charge >= 0.3 is 0 Å². The highest BCUT2D eigenvalue weighted by Crippen LogP contribution is 2.20. The summed E-state index contributed by atoms with van der Waals surface area (Å²) in [5, 5.41) is 7.73. The first-order valence-electron chi connectivity index (χ1n) is 9.68. The Hall–Kier alpha value is -2.86. The number of hydrogen-bond acceptors (Lipinski definition) is 4. The van der Waals surface area contributed by atoms with E-state index in [1.165, 1.54) is 28.1 Å². The molecule has 1 heterocycles. The smallest absolute Gasteiger partial charge is 0.271 e. The molecule has 0 saturated heterocycles. The van der Waals surface area contributed by atoms with E-state index in [-0.39, 0.29) is 16.7 Å². The van der Waals surface area contributed by atoms with Crippen molar-refractivity contribution in [1.29, 1.82) is 0 Å². The molecule has 1 amide bonds. The lowest BCUT2D eigenvalue weighted by Crippen LogP contribution is -2.32. The standard InChI is InChI=1S/C23H25N3O2S/c1-17-10-12-20(13-11-17)26-22(27)15-14-21(25-26)29-18(2)23(28)24-16-6-9-19-7-4-3-5-8-19/h3-5,7-8,10-15,18H,6,9,16H2,1-2H3,(H,24,28)/t18-/m1/s1. The fraction of sp³-hybridized carbons (Fsp3) is 0.261. The molecule has 0 bridgehead atoms. The van der Waals surface area contributed by atoms with E-state index in [1.54, 1.807) is 6.07 Å². The third-order valence-corrected chi connectivity index (χ3v) is 5.53. The van der Waals surface area contributed by atoms with Gasteiger partial charge in [-0.1, -0.05) is 59.8 Å². The van der Waals surface area contributed by atoms with E-state index in [1.807, 2.05) is 56.3 Å². The summed E-state index contributed by atoms with van der Waals surface area (Å²) < 4.78 is 1.37. The SMILES string of the molecule is Cc1ccc(-n2nc(S[C@H](C)C(=O)NCCCc3ccccc3)ccc2=O)cc1. The van der Waals surface area contributed by atoms with Gasteiger partial charge in [0, 0.05) is 12.6 Å². The van der Waals surface area contributed by atoms with Gasteiger partial charge in [0.25, 0.3) is 5.56 Å². The minimum Gasteiger partial charge on any atom is -0.355 e. The minimum absolute atomic E-state index is 0.0297. The lowest BCUT2D eigenvalue weighted by Gasteiger charge is -2.12. The molecule has 0 aliphatic rings. The second kappa shape index (κ2) is 10.1. The molecule has 0 saturated carbocycles. The van der Waals surface area contributed by atoms with Crippen molar-refractivity contribution in [1.82, 2.24) is 15.1 Å².